The molecule has 2 aromatic rings. The second kappa shape index (κ2) is 8.76. The Morgan fingerprint density at radius 3 is 2.43 bits per heavy atom. The first-order valence-electron chi connectivity index (χ1n) is 9.76. The highest BCUT2D eigenvalue weighted by atomic mass is 35.5. The van der Waals surface area contributed by atoms with Crippen LogP contribution < -0.4 is 5.32 Å². The highest BCUT2D eigenvalue weighted by Gasteiger charge is 2.36. The molecule has 2 heterocycles. The predicted octanol–water partition coefficient (Wildman–Crippen LogP) is 5.46. The number of amides is 1. The van der Waals surface area contributed by atoms with E-state index in [4.69, 9.17) is 16.4 Å². The summed E-state index contributed by atoms with van der Waals surface area (Å²) in [4.78, 5) is 19.7. The topological polar surface area (TPSA) is 53.9 Å². The Kier molecular flexibility index (Phi) is 5.93. The van der Waals surface area contributed by atoms with Gasteiger partial charge in [0.15, 0.2) is 0 Å². The van der Waals surface area contributed by atoms with Gasteiger partial charge >= 0.3 is 6.09 Å². The third kappa shape index (κ3) is 4.72. The lowest BCUT2D eigenvalue weighted by molar-refractivity contribution is 0.0662. The molecular weight excluding hydrogens is 374 g/mol. The smallest absolute Gasteiger partial charge is 0.298 e. The molecule has 1 amide bonds. The van der Waals surface area contributed by atoms with Gasteiger partial charge in [0.05, 0.1) is 5.71 Å². The van der Waals surface area contributed by atoms with Crippen molar-refractivity contribution in [1.82, 2.24) is 4.90 Å². The Balaban J connectivity index is 1.35. The van der Waals surface area contributed by atoms with E-state index >= 15 is 0 Å². The molecule has 0 unspecified atom stereocenters. The van der Waals surface area contributed by atoms with E-state index in [2.05, 4.69) is 45.7 Å². The molecule has 2 bridgehead atoms. The average molecular weight is 398 g/mol. The number of nitrogens with one attached hydrogen (secondary N) is 1. The van der Waals surface area contributed by atoms with E-state index in [9.17, 15) is 4.79 Å². The Hall–Kier alpha value is -2.37. The van der Waals surface area contributed by atoms with Crippen molar-refractivity contribution < 1.29 is 9.63 Å². The number of fused-ring (bicyclic) bond motifs is 2. The van der Waals surface area contributed by atoms with Crippen molar-refractivity contribution in [2.75, 3.05) is 5.32 Å². The Bertz CT molecular complexity index is 823. The minimum Gasteiger partial charge on any atom is -0.298 e. The van der Waals surface area contributed by atoms with E-state index < -0.39 is 6.09 Å². The zero-order valence-electron chi connectivity index (χ0n) is 15.7. The molecule has 0 radical (unpaired) electrons. The van der Waals surface area contributed by atoms with Crippen LogP contribution in [0.3, 0.4) is 0 Å². The number of nitrogens with zero attached hydrogens (tertiary/aromatic N) is 2. The van der Waals surface area contributed by atoms with Gasteiger partial charge in [-0.1, -0.05) is 53.5 Å². The van der Waals surface area contributed by atoms with Gasteiger partial charge < -0.3 is 0 Å². The summed E-state index contributed by atoms with van der Waals surface area (Å²) in [5.41, 5.74) is 2.95. The van der Waals surface area contributed by atoms with Gasteiger partial charge in [-0.25, -0.2) is 4.79 Å². The fraction of sp³-hybridized carbons (Fsp3) is 0.364. The van der Waals surface area contributed by atoms with Crippen molar-refractivity contribution in [3.05, 3.63) is 65.2 Å². The summed E-state index contributed by atoms with van der Waals surface area (Å²) in [5, 5.41) is 7.45. The summed E-state index contributed by atoms with van der Waals surface area (Å²) in [6.07, 6.45) is 4.73. The van der Waals surface area contributed by atoms with Crippen molar-refractivity contribution in [2.24, 2.45) is 5.16 Å². The van der Waals surface area contributed by atoms with Crippen molar-refractivity contribution in [3.63, 3.8) is 0 Å². The number of rotatable bonds is 4. The first-order valence-corrected chi connectivity index (χ1v) is 10.1. The molecule has 4 rings (SSSR count). The van der Waals surface area contributed by atoms with Crippen LogP contribution in [0.5, 0.6) is 0 Å². The van der Waals surface area contributed by atoms with Gasteiger partial charge in [0, 0.05) is 42.2 Å². The van der Waals surface area contributed by atoms with Crippen LogP contribution in [0.4, 0.5) is 10.5 Å². The van der Waals surface area contributed by atoms with Gasteiger partial charge in [0.1, 0.15) is 0 Å². The molecule has 2 atom stereocenters. The highest BCUT2D eigenvalue weighted by molar-refractivity contribution is 6.30. The van der Waals surface area contributed by atoms with Crippen molar-refractivity contribution in [1.29, 1.82) is 0 Å². The molecule has 5 nitrogen and oxygen atoms in total. The minimum atomic E-state index is -0.577. The van der Waals surface area contributed by atoms with Crippen LogP contribution in [-0.4, -0.2) is 28.8 Å². The maximum Gasteiger partial charge on any atom is 0.437 e. The first-order chi connectivity index (χ1) is 13.7. The van der Waals surface area contributed by atoms with Gasteiger partial charge in [-0.15, -0.1) is 0 Å². The molecule has 0 saturated carbocycles. The van der Waals surface area contributed by atoms with Crippen LogP contribution >= 0.6 is 11.6 Å². The number of piperidine rings is 2. The van der Waals surface area contributed by atoms with Crippen molar-refractivity contribution in [2.45, 2.75) is 50.7 Å². The molecule has 28 heavy (non-hydrogen) atoms. The lowest BCUT2D eigenvalue weighted by atomic mass is 9.83. The summed E-state index contributed by atoms with van der Waals surface area (Å²) < 4.78 is 0. The second-order valence-electron chi connectivity index (χ2n) is 7.47. The summed E-state index contributed by atoms with van der Waals surface area (Å²) in [6.45, 7) is 0.974. The maximum atomic E-state index is 12.0. The molecule has 2 aromatic carbocycles. The van der Waals surface area contributed by atoms with E-state index in [1.165, 1.54) is 24.8 Å². The van der Waals surface area contributed by atoms with Gasteiger partial charge in [0.2, 0.25) is 0 Å². The quantitative estimate of drug-likeness (QED) is 0.550. The van der Waals surface area contributed by atoms with E-state index in [1.54, 1.807) is 24.3 Å². The minimum absolute atomic E-state index is 0.467. The average Bonchev–Trinajstić information content (AvgIpc) is 2.69. The molecule has 2 aliphatic rings. The lowest BCUT2D eigenvalue weighted by Gasteiger charge is -2.46. The number of anilines is 1. The normalized spacial score (nSPS) is 21.8. The molecular formula is C22H24ClN3O2. The third-order valence-electron chi connectivity index (χ3n) is 5.51. The number of halogens is 1. The van der Waals surface area contributed by atoms with Gasteiger partial charge in [-0.3, -0.25) is 15.1 Å². The van der Waals surface area contributed by atoms with E-state index in [0.29, 0.717) is 22.8 Å². The SMILES string of the molecule is O=C(Nc1ccc(Cl)cc1)ON=C1C[C@@H]2CCC[C@@H](C1)N2Cc1ccccc1. The van der Waals surface area contributed by atoms with E-state index in [0.717, 1.165) is 25.1 Å². The molecule has 0 spiro atoms. The Labute approximate surface area is 170 Å². The molecule has 1 N–H and O–H groups in total. The predicted molar refractivity (Wildman–Crippen MR) is 112 cm³/mol. The summed E-state index contributed by atoms with van der Waals surface area (Å²) >= 11 is 5.85. The molecule has 2 saturated heterocycles. The monoisotopic (exact) mass is 397 g/mol. The number of benzene rings is 2. The Morgan fingerprint density at radius 2 is 1.75 bits per heavy atom. The van der Waals surface area contributed by atoms with Crippen LogP contribution in [0.2, 0.25) is 5.02 Å². The molecule has 2 fully saturated rings. The second-order valence-corrected chi connectivity index (χ2v) is 7.91. The third-order valence-corrected chi connectivity index (χ3v) is 5.76. The van der Waals surface area contributed by atoms with Gasteiger partial charge in [-0.05, 0) is 42.7 Å². The summed E-state index contributed by atoms with van der Waals surface area (Å²) in [6, 6.07) is 18.4. The van der Waals surface area contributed by atoms with E-state index in [1.807, 2.05) is 0 Å². The highest BCUT2D eigenvalue weighted by Crippen LogP contribution is 2.34. The van der Waals surface area contributed by atoms with E-state index in [-0.39, 0.29) is 0 Å². The molecule has 6 heteroatoms. The van der Waals surface area contributed by atoms with Crippen LogP contribution in [0.15, 0.2) is 59.8 Å². The number of oxime groups is 1. The molecule has 0 aromatic heterocycles. The summed E-state index contributed by atoms with van der Waals surface area (Å²) in [7, 11) is 0. The number of carbonyl (C=O) groups is 1. The van der Waals surface area contributed by atoms with Crippen LogP contribution in [-0.2, 0) is 11.4 Å². The largest absolute Gasteiger partial charge is 0.437 e. The van der Waals surface area contributed by atoms with Gasteiger partial charge in [0.25, 0.3) is 0 Å². The maximum absolute atomic E-state index is 12.0. The Morgan fingerprint density at radius 1 is 1.07 bits per heavy atom. The zero-order chi connectivity index (χ0) is 19.3. The standard InChI is InChI=1S/C22H24ClN3O2/c23-17-9-11-18(12-10-17)24-22(27)28-25-19-13-20-7-4-8-21(14-19)26(20)15-16-5-2-1-3-6-16/h1-3,5-6,9-12,20-21H,4,7-8,13-15H2,(H,24,27)/t20-,21-/m0/s1. The molecule has 0 aliphatic carbocycles. The van der Waals surface area contributed by atoms with Crippen LogP contribution in [0, 0.1) is 0 Å². The number of hydrogen-bond donors (Lipinski definition) is 1. The number of carbonyl (C=O) groups excluding carboxylic acids is 1. The molecule has 146 valence electrons. The van der Waals surface area contributed by atoms with Crippen LogP contribution in [0.1, 0.15) is 37.7 Å². The fourth-order valence-electron chi connectivity index (χ4n) is 4.19. The first kappa shape index (κ1) is 19.0. The summed E-state index contributed by atoms with van der Waals surface area (Å²) in [5.74, 6) is 0. The van der Waals surface area contributed by atoms with Crippen molar-refractivity contribution in [3.8, 4) is 0 Å². The zero-order valence-corrected chi connectivity index (χ0v) is 16.4. The van der Waals surface area contributed by atoms with Crippen LogP contribution in [0.25, 0.3) is 0 Å². The number of hydrogen-bond acceptors (Lipinski definition) is 4. The van der Waals surface area contributed by atoms with Gasteiger partial charge in [-0.2, -0.15) is 0 Å². The fourth-order valence-corrected chi connectivity index (χ4v) is 4.32. The van der Waals surface area contributed by atoms with Crippen molar-refractivity contribution >= 4 is 29.1 Å². The lowest BCUT2D eigenvalue weighted by Crippen LogP contribution is -2.51. The molecule has 2 aliphatic heterocycles.